The van der Waals surface area contributed by atoms with Crippen molar-refractivity contribution in [1.29, 1.82) is 0 Å². The predicted molar refractivity (Wildman–Crippen MR) is 85.3 cm³/mol. The van der Waals surface area contributed by atoms with E-state index in [1.807, 2.05) is 0 Å². The molecule has 24 heavy (non-hydrogen) atoms. The molecule has 2 heterocycles. The molecule has 1 aliphatic carbocycles. The fraction of sp³-hybridized carbons (Fsp3) is 0.529. The van der Waals surface area contributed by atoms with Crippen LogP contribution in [0.3, 0.4) is 0 Å². The number of carboxylic acids is 1. The van der Waals surface area contributed by atoms with E-state index >= 15 is 0 Å². The summed E-state index contributed by atoms with van der Waals surface area (Å²) in [7, 11) is 0. The highest BCUT2D eigenvalue weighted by molar-refractivity contribution is 5.95. The van der Waals surface area contributed by atoms with Gasteiger partial charge in [-0.1, -0.05) is 12.8 Å². The average Bonchev–Trinajstić information content (AvgIpc) is 2.60. The molecule has 0 bridgehead atoms. The quantitative estimate of drug-likeness (QED) is 0.866. The van der Waals surface area contributed by atoms with Gasteiger partial charge in [-0.15, -0.1) is 0 Å². The first-order valence-corrected chi connectivity index (χ1v) is 8.28. The summed E-state index contributed by atoms with van der Waals surface area (Å²) in [5.74, 6) is -1.91. The number of rotatable bonds is 3. The van der Waals surface area contributed by atoms with Gasteiger partial charge in [-0.05, 0) is 37.3 Å². The Hall–Kier alpha value is -2.44. The number of amides is 2. The number of carbonyl (C=O) groups is 3. The minimum Gasteiger partial charge on any atom is -0.481 e. The molecule has 3 N–H and O–H groups in total. The SMILES string of the molecule is NC(=O)c1ccc(C(=O)N2CCC(C(=O)O)C3CCCCC32)nc1. The van der Waals surface area contributed by atoms with Crippen LogP contribution in [0.4, 0.5) is 0 Å². The molecule has 1 aromatic heterocycles. The number of aromatic nitrogens is 1. The number of carbonyl (C=O) groups excluding carboxylic acids is 2. The van der Waals surface area contributed by atoms with Gasteiger partial charge in [0.05, 0.1) is 11.5 Å². The number of carboxylic acid groups (broad SMARTS) is 1. The van der Waals surface area contributed by atoms with Crippen LogP contribution in [-0.4, -0.2) is 45.4 Å². The van der Waals surface area contributed by atoms with E-state index in [0.717, 1.165) is 25.7 Å². The second-order valence-corrected chi connectivity index (χ2v) is 6.54. The highest BCUT2D eigenvalue weighted by Gasteiger charge is 2.44. The Bertz CT molecular complexity index is 658. The van der Waals surface area contributed by atoms with E-state index in [4.69, 9.17) is 5.73 Å². The molecular weight excluding hydrogens is 310 g/mol. The van der Waals surface area contributed by atoms with Crippen LogP contribution in [0.2, 0.25) is 0 Å². The summed E-state index contributed by atoms with van der Waals surface area (Å²) in [6.45, 7) is 0.427. The summed E-state index contributed by atoms with van der Waals surface area (Å²) in [6, 6.07) is 2.95. The van der Waals surface area contributed by atoms with Gasteiger partial charge in [0, 0.05) is 18.8 Å². The molecule has 0 spiro atoms. The first kappa shape index (κ1) is 16.4. The van der Waals surface area contributed by atoms with Gasteiger partial charge in [0.2, 0.25) is 5.91 Å². The standard InChI is InChI=1S/C17H21N3O4/c18-15(21)10-5-6-13(19-9-10)16(22)20-8-7-12(17(23)24)11-3-1-2-4-14(11)20/h5-6,9,11-12,14H,1-4,7-8H2,(H2,18,21)(H,23,24). The molecule has 1 saturated carbocycles. The topological polar surface area (TPSA) is 114 Å². The number of pyridine rings is 1. The summed E-state index contributed by atoms with van der Waals surface area (Å²) in [6.07, 6.45) is 5.47. The predicted octanol–water partition coefficient (Wildman–Crippen LogP) is 1.29. The zero-order chi connectivity index (χ0) is 17.3. The van der Waals surface area contributed by atoms with Gasteiger partial charge >= 0.3 is 5.97 Å². The molecule has 2 aliphatic rings. The van der Waals surface area contributed by atoms with Crippen LogP contribution in [0.5, 0.6) is 0 Å². The minimum absolute atomic E-state index is 0.0128. The van der Waals surface area contributed by atoms with Crippen LogP contribution < -0.4 is 5.73 Å². The van der Waals surface area contributed by atoms with Crippen molar-refractivity contribution < 1.29 is 19.5 Å². The fourth-order valence-electron chi connectivity index (χ4n) is 4.03. The molecule has 1 aromatic rings. The molecule has 7 heteroatoms. The number of aliphatic carboxylic acids is 1. The Morgan fingerprint density at radius 1 is 1.17 bits per heavy atom. The van der Waals surface area contributed by atoms with Crippen LogP contribution in [0, 0.1) is 11.8 Å². The molecule has 3 atom stereocenters. The average molecular weight is 331 g/mol. The summed E-state index contributed by atoms with van der Waals surface area (Å²) < 4.78 is 0. The van der Waals surface area contributed by atoms with E-state index in [2.05, 4.69) is 4.98 Å². The van der Waals surface area contributed by atoms with Crippen molar-refractivity contribution >= 4 is 17.8 Å². The lowest BCUT2D eigenvalue weighted by atomic mass is 9.72. The summed E-state index contributed by atoms with van der Waals surface area (Å²) in [5.41, 5.74) is 5.70. The molecule has 1 saturated heterocycles. The van der Waals surface area contributed by atoms with Crippen molar-refractivity contribution in [3.63, 3.8) is 0 Å². The smallest absolute Gasteiger partial charge is 0.306 e. The Morgan fingerprint density at radius 2 is 1.92 bits per heavy atom. The highest BCUT2D eigenvalue weighted by atomic mass is 16.4. The number of nitrogens with two attached hydrogens (primary N) is 1. The molecule has 3 unspecified atom stereocenters. The number of likely N-dealkylation sites (tertiary alicyclic amines) is 1. The summed E-state index contributed by atoms with van der Waals surface area (Å²) in [5, 5.41) is 9.44. The van der Waals surface area contributed by atoms with E-state index in [9.17, 15) is 19.5 Å². The van der Waals surface area contributed by atoms with Gasteiger partial charge in [0.15, 0.2) is 0 Å². The lowest BCUT2D eigenvalue weighted by Gasteiger charge is -2.46. The highest BCUT2D eigenvalue weighted by Crippen LogP contribution is 2.39. The molecule has 0 aromatic carbocycles. The third kappa shape index (κ3) is 2.98. The number of hydrogen-bond donors (Lipinski definition) is 2. The van der Waals surface area contributed by atoms with E-state index in [-0.39, 0.29) is 35.0 Å². The second kappa shape index (κ2) is 6.59. The third-order valence-corrected chi connectivity index (χ3v) is 5.22. The lowest BCUT2D eigenvalue weighted by Crippen LogP contribution is -2.54. The monoisotopic (exact) mass is 331 g/mol. The van der Waals surface area contributed by atoms with Crippen LogP contribution in [0.25, 0.3) is 0 Å². The number of piperidine rings is 1. The Morgan fingerprint density at radius 3 is 2.54 bits per heavy atom. The maximum Gasteiger partial charge on any atom is 0.306 e. The van der Waals surface area contributed by atoms with Crippen molar-refractivity contribution in [2.24, 2.45) is 17.6 Å². The van der Waals surface area contributed by atoms with Crippen LogP contribution in [0.1, 0.15) is 53.0 Å². The van der Waals surface area contributed by atoms with E-state index in [0.29, 0.717) is 13.0 Å². The van der Waals surface area contributed by atoms with Gasteiger partial charge < -0.3 is 15.7 Å². The molecular formula is C17H21N3O4. The normalized spacial score (nSPS) is 26.5. The maximum absolute atomic E-state index is 12.8. The minimum atomic E-state index is -0.761. The molecule has 2 amide bonds. The zero-order valence-electron chi connectivity index (χ0n) is 13.4. The fourth-order valence-corrected chi connectivity index (χ4v) is 4.03. The first-order chi connectivity index (χ1) is 11.5. The maximum atomic E-state index is 12.8. The molecule has 128 valence electrons. The Balaban J connectivity index is 1.81. The van der Waals surface area contributed by atoms with E-state index in [1.54, 1.807) is 4.90 Å². The zero-order valence-corrected chi connectivity index (χ0v) is 13.4. The molecule has 0 radical (unpaired) electrons. The Labute approximate surface area is 139 Å². The van der Waals surface area contributed by atoms with Crippen molar-refractivity contribution in [3.05, 3.63) is 29.6 Å². The number of nitrogens with zero attached hydrogens (tertiary/aromatic N) is 2. The third-order valence-electron chi connectivity index (χ3n) is 5.22. The van der Waals surface area contributed by atoms with Crippen molar-refractivity contribution in [2.75, 3.05) is 6.54 Å². The van der Waals surface area contributed by atoms with Crippen LogP contribution in [0.15, 0.2) is 18.3 Å². The van der Waals surface area contributed by atoms with Crippen molar-refractivity contribution in [1.82, 2.24) is 9.88 Å². The van der Waals surface area contributed by atoms with Gasteiger partial charge in [0.1, 0.15) is 5.69 Å². The lowest BCUT2D eigenvalue weighted by molar-refractivity contribution is -0.147. The summed E-state index contributed by atoms with van der Waals surface area (Å²) >= 11 is 0. The van der Waals surface area contributed by atoms with Gasteiger partial charge in [-0.3, -0.25) is 19.4 Å². The second-order valence-electron chi connectivity index (χ2n) is 6.54. The molecule has 3 rings (SSSR count). The number of fused-ring (bicyclic) bond motifs is 1. The largest absolute Gasteiger partial charge is 0.481 e. The van der Waals surface area contributed by atoms with Gasteiger partial charge in [-0.25, -0.2) is 0 Å². The number of primary amides is 1. The van der Waals surface area contributed by atoms with Crippen LogP contribution >= 0.6 is 0 Å². The summed E-state index contributed by atoms with van der Waals surface area (Å²) in [4.78, 5) is 41.2. The van der Waals surface area contributed by atoms with Gasteiger partial charge in [0.25, 0.3) is 5.91 Å². The Kier molecular flexibility index (Phi) is 4.51. The first-order valence-electron chi connectivity index (χ1n) is 8.28. The van der Waals surface area contributed by atoms with Crippen molar-refractivity contribution in [3.8, 4) is 0 Å². The van der Waals surface area contributed by atoms with E-state index < -0.39 is 11.9 Å². The molecule has 1 aliphatic heterocycles. The van der Waals surface area contributed by atoms with Crippen molar-refractivity contribution in [2.45, 2.75) is 38.1 Å². The van der Waals surface area contributed by atoms with Crippen LogP contribution in [-0.2, 0) is 4.79 Å². The van der Waals surface area contributed by atoms with Gasteiger partial charge in [-0.2, -0.15) is 0 Å². The molecule has 2 fully saturated rings. The number of hydrogen-bond acceptors (Lipinski definition) is 4. The van der Waals surface area contributed by atoms with E-state index in [1.165, 1.54) is 18.3 Å². The molecule has 7 nitrogen and oxygen atoms in total.